The van der Waals surface area contributed by atoms with Gasteiger partial charge >= 0.3 is 12.0 Å². The summed E-state index contributed by atoms with van der Waals surface area (Å²) in [6.45, 7) is 8.42. The molecule has 13 heteroatoms. The summed E-state index contributed by atoms with van der Waals surface area (Å²) in [5, 5.41) is 19.7. The topological polar surface area (TPSA) is 168 Å². The fraction of sp³-hybridized carbons (Fsp3) is 0.400. The standard InChI is InChI=1S/C24H32N2O4.C11H12N4O2S/c1-17-11-12-19(14-21(17)29-5)15-25-23(28)26-20(13-18-9-7-6-8-10-18)16-30-22(27)24(2,3)4;1-16-11-6-9(7-18-8-12)2-3-10(11)17-5-4-14-15-13/h6-12,14,20H,13,15-16H2,1-5H3,(H2,25,26,28);2-3,6H,4-5,7H2,1H3. The Kier molecular flexibility index (Phi) is 17.1. The number of carbonyl (C=O) groups excluding carboxylic acids is 2. The molecule has 256 valence electrons. The maximum Gasteiger partial charge on any atom is 0.315 e. The summed E-state index contributed by atoms with van der Waals surface area (Å²) in [7, 11) is 3.18. The monoisotopic (exact) mass is 676 g/mol. The number of aryl methyl sites for hydroxylation is 1. The van der Waals surface area contributed by atoms with Gasteiger partial charge in [0.05, 0.1) is 38.8 Å². The molecule has 1 atom stereocenters. The molecule has 0 bridgehead atoms. The Morgan fingerprint density at radius 1 is 0.979 bits per heavy atom. The van der Waals surface area contributed by atoms with Crippen LogP contribution < -0.4 is 24.8 Å². The first-order valence-corrected chi connectivity index (χ1v) is 16.2. The summed E-state index contributed by atoms with van der Waals surface area (Å²) < 4.78 is 21.4. The molecular weight excluding hydrogens is 632 g/mol. The smallest absolute Gasteiger partial charge is 0.315 e. The summed E-state index contributed by atoms with van der Waals surface area (Å²) in [6, 6.07) is 20.4. The lowest BCUT2D eigenvalue weighted by Crippen LogP contribution is -2.45. The third-order valence-corrected chi connectivity index (χ3v) is 7.26. The van der Waals surface area contributed by atoms with Crippen molar-refractivity contribution in [3.05, 3.63) is 99.4 Å². The number of benzene rings is 3. The largest absolute Gasteiger partial charge is 0.496 e. The Bertz CT molecular complexity index is 1550. The predicted molar refractivity (Wildman–Crippen MR) is 187 cm³/mol. The number of carbonyl (C=O) groups is 2. The van der Waals surface area contributed by atoms with Crippen LogP contribution >= 0.6 is 11.8 Å². The highest BCUT2D eigenvalue weighted by atomic mass is 32.2. The van der Waals surface area contributed by atoms with Gasteiger partial charge in [-0.2, -0.15) is 5.26 Å². The number of esters is 1. The molecule has 0 saturated heterocycles. The van der Waals surface area contributed by atoms with E-state index in [1.807, 2.05) is 73.0 Å². The van der Waals surface area contributed by atoms with Gasteiger partial charge < -0.3 is 29.6 Å². The van der Waals surface area contributed by atoms with E-state index < -0.39 is 5.41 Å². The molecule has 1 unspecified atom stereocenters. The van der Waals surface area contributed by atoms with Gasteiger partial charge in [0.15, 0.2) is 11.5 Å². The van der Waals surface area contributed by atoms with Crippen molar-refractivity contribution in [1.29, 1.82) is 5.26 Å². The average molecular weight is 677 g/mol. The lowest BCUT2D eigenvalue weighted by atomic mass is 9.97. The van der Waals surface area contributed by atoms with Crippen molar-refractivity contribution in [3.63, 3.8) is 0 Å². The molecule has 3 rings (SSSR count). The molecule has 0 fully saturated rings. The van der Waals surface area contributed by atoms with Crippen LogP contribution in [0.5, 0.6) is 17.2 Å². The molecule has 0 aromatic heterocycles. The van der Waals surface area contributed by atoms with Crippen LogP contribution in [0.3, 0.4) is 0 Å². The molecule has 12 nitrogen and oxygen atoms in total. The number of nitriles is 1. The third kappa shape index (κ3) is 14.6. The van der Waals surface area contributed by atoms with Crippen LogP contribution in [0.25, 0.3) is 10.4 Å². The van der Waals surface area contributed by atoms with Crippen molar-refractivity contribution in [2.45, 2.75) is 52.5 Å². The van der Waals surface area contributed by atoms with E-state index in [0.717, 1.165) is 39.8 Å². The molecule has 0 saturated carbocycles. The van der Waals surface area contributed by atoms with E-state index in [9.17, 15) is 9.59 Å². The second-order valence-corrected chi connectivity index (χ2v) is 12.3. The minimum atomic E-state index is -0.593. The number of methoxy groups -OCH3 is 2. The number of ether oxygens (including phenoxy) is 4. The molecule has 0 aliphatic rings. The molecule has 3 aromatic rings. The molecule has 2 amide bonds. The number of hydrogen-bond acceptors (Lipinski definition) is 9. The van der Waals surface area contributed by atoms with Gasteiger partial charge in [-0.3, -0.25) is 4.79 Å². The number of urea groups is 1. The maximum absolute atomic E-state index is 12.5. The van der Waals surface area contributed by atoms with E-state index in [-0.39, 0.29) is 31.2 Å². The minimum Gasteiger partial charge on any atom is -0.496 e. The van der Waals surface area contributed by atoms with E-state index in [0.29, 0.717) is 36.8 Å². The highest BCUT2D eigenvalue weighted by molar-refractivity contribution is 8.02. The van der Waals surface area contributed by atoms with E-state index in [1.165, 1.54) is 0 Å². The molecule has 0 radical (unpaired) electrons. The van der Waals surface area contributed by atoms with Crippen molar-refractivity contribution in [2.24, 2.45) is 10.5 Å². The fourth-order valence-corrected chi connectivity index (χ4v) is 4.52. The average Bonchev–Trinajstić information content (AvgIpc) is 3.08. The molecule has 0 heterocycles. The third-order valence-electron chi connectivity index (χ3n) is 6.66. The molecule has 0 aliphatic carbocycles. The van der Waals surface area contributed by atoms with Gasteiger partial charge in [-0.1, -0.05) is 53.6 Å². The van der Waals surface area contributed by atoms with Crippen molar-refractivity contribution < 1.29 is 28.5 Å². The maximum atomic E-state index is 12.5. The Morgan fingerprint density at radius 3 is 2.31 bits per heavy atom. The number of thioether (sulfide) groups is 1. The quantitative estimate of drug-likeness (QED) is 0.0429. The highest BCUT2D eigenvalue weighted by Gasteiger charge is 2.25. The first-order valence-electron chi connectivity index (χ1n) is 15.2. The van der Waals surface area contributed by atoms with Gasteiger partial charge in [0.1, 0.15) is 17.8 Å². The number of thiocyanates is 1. The Morgan fingerprint density at radius 2 is 1.67 bits per heavy atom. The second kappa shape index (κ2) is 20.9. The molecule has 3 aromatic carbocycles. The van der Waals surface area contributed by atoms with E-state index >= 15 is 0 Å². The summed E-state index contributed by atoms with van der Waals surface area (Å²) >= 11 is 1.16. The van der Waals surface area contributed by atoms with Gasteiger partial charge in [-0.15, -0.1) is 0 Å². The van der Waals surface area contributed by atoms with Crippen molar-refractivity contribution in [2.75, 3.05) is 34.0 Å². The fourth-order valence-electron chi connectivity index (χ4n) is 4.11. The Balaban J connectivity index is 0.000000379. The van der Waals surface area contributed by atoms with Crippen molar-refractivity contribution in [3.8, 4) is 22.6 Å². The summed E-state index contributed by atoms with van der Waals surface area (Å²) in [5.74, 6) is 2.29. The number of azide groups is 1. The van der Waals surface area contributed by atoms with Crippen LogP contribution in [0.1, 0.15) is 43.0 Å². The van der Waals surface area contributed by atoms with Gasteiger partial charge in [0.25, 0.3) is 0 Å². The summed E-state index contributed by atoms with van der Waals surface area (Å²) in [6.07, 6.45) is 0.560. The van der Waals surface area contributed by atoms with E-state index in [1.54, 1.807) is 41.1 Å². The molecule has 48 heavy (non-hydrogen) atoms. The lowest BCUT2D eigenvalue weighted by Gasteiger charge is -2.22. The minimum absolute atomic E-state index is 0.108. The van der Waals surface area contributed by atoms with Crippen LogP contribution in [0, 0.1) is 23.0 Å². The summed E-state index contributed by atoms with van der Waals surface area (Å²) in [5.41, 5.74) is 11.6. The van der Waals surface area contributed by atoms with Crippen LogP contribution in [-0.4, -0.2) is 52.0 Å². The van der Waals surface area contributed by atoms with E-state index in [4.69, 9.17) is 29.7 Å². The normalized spacial score (nSPS) is 10.9. The zero-order valence-electron chi connectivity index (χ0n) is 28.3. The van der Waals surface area contributed by atoms with Gasteiger partial charge in [-0.25, -0.2) is 4.79 Å². The van der Waals surface area contributed by atoms with Crippen LogP contribution in [-0.2, 0) is 28.2 Å². The van der Waals surface area contributed by atoms with E-state index in [2.05, 4.69) is 20.7 Å². The van der Waals surface area contributed by atoms with Gasteiger partial charge in [0.2, 0.25) is 0 Å². The van der Waals surface area contributed by atoms with Crippen LogP contribution in [0.15, 0.2) is 71.8 Å². The summed E-state index contributed by atoms with van der Waals surface area (Å²) in [4.78, 5) is 27.3. The Labute approximate surface area is 286 Å². The first-order chi connectivity index (χ1) is 23.0. The van der Waals surface area contributed by atoms with Crippen LogP contribution in [0.2, 0.25) is 0 Å². The lowest BCUT2D eigenvalue weighted by molar-refractivity contribution is -0.153. The molecule has 0 aliphatic heterocycles. The van der Waals surface area contributed by atoms with Gasteiger partial charge in [-0.05, 0) is 91.9 Å². The second-order valence-electron chi connectivity index (χ2n) is 11.5. The molecular formula is C35H44N6O6S. The van der Waals surface area contributed by atoms with Gasteiger partial charge in [0, 0.05) is 17.2 Å². The number of amides is 2. The molecule has 0 spiro atoms. The van der Waals surface area contributed by atoms with Crippen LogP contribution in [0.4, 0.5) is 4.79 Å². The molecule has 2 N–H and O–H groups in total. The first kappa shape index (κ1) is 39.1. The Hall–Kier alpha value is -5.05. The zero-order valence-corrected chi connectivity index (χ0v) is 29.1. The zero-order chi connectivity index (χ0) is 35.4. The number of rotatable bonds is 15. The SMILES string of the molecule is COc1cc(CNC(=O)NC(COC(=O)C(C)(C)C)Cc2ccccc2)ccc1C.COc1cc(CSC#N)ccc1OCCN=[N+]=[N-]. The number of nitrogens with one attached hydrogen (secondary N) is 2. The predicted octanol–water partition coefficient (Wildman–Crippen LogP) is 7.10. The highest BCUT2D eigenvalue weighted by Crippen LogP contribution is 2.29. The van der Waals surface area contributed by atoms with Crippen molar-refractivity contribution >= 4 is 23.8 Å². The van der Waals surface area contributed by atoms with Crippen molar-refractivity contribution in [1.82, 2.24) is 10.6 Å². The number of nitrogens with zero attached hydrogens (tertiary/aromatic N) is 4. The number of hydrogen-bond donors (Lipinski definition) is 2.